The zero-order valence-corrected chi connectivity index (χ0v) is 11.9. The monoisotopic (exact) mass is 278 g/mol. The lowest BCUT2D eigenvalue weighted by molar-refractivity contribution is 0.683. The normalized spacial score (nSPS) is 14.5. The predicted octanol–water partition coefficient (Wildman–Crippen LogP) is 2.83. The Labute approximate surface area is 124 Å². The van der Waals surface area contributed by atoms with Gasteiger partial charge in [-0.15, -0.1) is 0 Å². The van der Waals surface area contributed by atoms with Gasteiger partial charge in [0.15, 0.2) is 0 Å². The molecule has 1 aromatic heterocycles. The molecule has 4 nitrogen and oxygen atoms in total. The number of para-hydroxylation sites is 1. The average molecular weight is 278 g/mol. The fraction of sp³-hybridized carbons (Fsp3) is 0.294. The van der Waals surface area contributed by atoms with Gasteiger partial charge >= 0.3 is 0 Å². The molecule has 0 amide bonds. The van der Waals surface area contributed by atoms with Gasteiger partial charge in [0.2, 0.25) is 0 Å². The van der Waals surface area contributed by atoms with Crippen molar-refractivity contribution in [2.24, 2.45) is 0 Å². The van der Waals surface area contributed by atoms with E-state index in [1.54, 1.807) is 0 Å². The Hall–Kier alpha value is -2.38. The van der Waals surface area contributed by atoms with E-state index in [0.29, 0.717) is 5.56 Å². The van der Waals surface area contributed by atoms with E-state index in [0.717, 1.165) is 49.2 Å². The standard InChI is InChI=1S/C17H18N4/c18-12-14-11-17(21-16-4-2-1-3-15(14)16)20-10-7-13-5-8-19-9-6-13/h1-5,11,19H,6-10H2,(H,20,21). The number of nitrogens with one attached hydrogen (secondary N) is 2. The molecule has 3 rings (SSSR count). The van der Waals surface area contributed by atoms with E-state index >= 15 is 0 Å². The van der Waals surface area contributed by atoms with E-state index in [1.165, 1.54) is 5.57 Å². The number of aromatic nitrogens is 1. The quantitative estimate of drug-likeness (QED) is 0.844. The Morgan fingerprint density at radius 3 is 3.05 bits per heavy atom. The maximum Gasteiger partial charge on any atom is 0.127 e. The third kappa shape index (κ3) is 3.21. The van der Waals surface area contributed by atoms with Crippen LogP contribution in [0.15, 0.2) is 42.0 Å². The first-order valence-electron chi connectivity index (χ1n) is 7.29. The van der Waals surface area contributed by atoms with E-state index < -0.39 is 0 Å². The minimum atomic E-state index is 0.671. The highest BCUT2D eigenvalue weighted by Gasteiger charge is 2.06. The largest absolute Gasteiger partial charge is 0.370 e. The second-order valence-corrected chi connectivity index (χ2v) is 5.18. The van der Waals surface area contributed by atoms with Crippen LogP contribution in [0.4, 0.5) is 5.82 Å². The summed E-state index contributed by atoms with van der Waals surface area (Å²) in [4.78, 5) is 4.57. The highest BCUT2D eigenvalue weighted by molar-refractivity contribution is 5.86. The van der Waals surface area contributed by atoms with Crippen molar-refractivity contribution < 1.29 is 0 Å². The van der Waals surface area contributed by atoms with Crippen molar-refractivity contribution in [2.75, 3.05) is 25.0 Å². The van der Waals surface area contributed by atoms with Crippen molar-refractivity contribution in [3.63, 3.8) is 0 Å². The summed E-state index contributed by atoms with van der Waals surface area (Å²) in [6, 6.07) is 11.8. The Morgan fingerprint density at radius 2 is 2.24 bits per heavy atom. The molecule has 0 unspecified atom stereocenters. The van der Waals surface area contributed by atoms with Gasteiger partial charge in [-0.25, -0.2) is 4.98 Å². The zero-order chi connectivity index (χ0) is 14.5. The molecule has 1 aliphatic heterocycles. The summed E-state index contributed by atoms with van der Waals surface area (Å²) in [7, 11) is 0. The molecule has 0 aliphatic carbocycles. The van der Waals surface area contributed by atoms with Gasteiger partial charge < -0.3 is 10.6 Å². The van der Waals surface area contributed by atoms with Crippen molar-refractivity contribution in [2.45, 2.75) is 12.8 Å². The van der Waals surface area contributed by atoms with Crippen LogP contribution in [0.5, 0.6) is 0 Å². The minimum Gasteiger partial charge on any atom is -0.370 e. The van der Waals surface area contributed by atoms with Gasteiger partial charge in [-0.3, -0.25) is 0 Å². The second-order valence-electron chi connectivity index (χ2n) is 5.18. The first-order valence-corrected chi connectivity index (χ1v) is 7.29. The van der Waals surface area contributed by atoms with Gasteiger partial charge in [-0.2, -0.15) is 5.26 Å². The maximum atomic E-state index is 9.27. The lowest BCUT2D eigenvalue weighted by atomic mass is 10.1. The molecule has 1 aliphatic rings. The fourth-order valence-electron chi connectivity index (χ4n) is 2.61. The molecular weight excluding hydrogens is 260 g/mol. The van der Waals surface area contributed by atoms with Crippen LogP contribution in [0, 0.1) is 11.3 Å². The molecule has 0 fully saturated rings. The van der Waals surface area contributed by atoms with Gasteiger partial charge in [0.25, 0.3) is 0 Å². The van der Waals surface area contributed by atoms with E-state index in [1.807, 2.05) is 30.3 Å². The molecule has 0 saturated heterocycles. The Balaban J connectivity index is 1.72. The van der Waals surface area contributed by atoms with E-state index in [4.69, 9.17) is 0 Å². The Morgan fingerprint density at radius 1 is 1.33 bits per heavy atom. The molecule has 106 valence electrons. The zero-order valence-electron chi connectivity index (χ0n) is 11.9. The average Bonchev–Trinajstić information content (AvgIpc) is 2.55. The first-order chi connectivity index (χ1) is 10.4. The number of hydrogen-bond donors (Lipinski definition) is 2. The lowest BCUT2D eigenvalue weighted by Gasteiger charge is -2.14. The van der Waals surface area contributed by atoms with Gasteiger partial charge in [0, 0.05) is 18.5 Å². The van der Waals surface area contributed by atoms with Gasteiger partial charge in [-0.1, -0.05) is 29.8 Å². The molecule has 2 N–H and O–H groups in total. The van der Waals surface area contributed by atoms with Crippen LogP contribution in [-0.2, 0) is 0 Å². The summed E-state index contributed by atoms with van der Waals surface area (Å²) in [6.45, 7) is 2.89. The molecular formula is C17H18N4. The maximum absolute atomic E-state index is 9.27. The number of benzene rings is 1. The Bertz CT molecular complexity index is 712. The van der Waals surface area contributed by atoms with E-state index in [9.17, 15) is 5.26 Å². The topological polar surface area (TPSA) is 60.7 Å². The number of pyridine rings is 1. The molecule has 21 heavy (non-hydrogen) atoms. The van der Waals surface area contributed by atoms with Crippen molar-refractivity contribution in [1.29, 1.82) is 5.26 Å². The number of rotatable bonds is 4. The van der Waals surface area contributed by atoms with Crippen LogP contribution in [0.25, 0.3) is 10.9 Å². The molecule has 0 spiro atoms. The minimum absolute atomic E-state index is 0.671. The van der Waals surface area contributed by atoms with Gasteiger partial charge in [0.1, 0.15) is 5.82 Å². The first kappa shape index (κ1) is 13.6. The molecule has 0 radical (unpaired) electrons. The fourth-order valence-corrected chi connectivity index (χ4v) is 2.61. The van der Waals surface area contributed by atoms with Crippen LogP contribution in [-0.4, -0.2) is 24.6 Å². The van der Waals surface area contributed by atoms with E-state index in [2.05, 4.69) is 27.8 Å². The third-order valence-electron chi connectivity index (χ3n) is 3.75. The molecule has 2 aromatic rings. The molecule has 1 aromatic carbocycles. The highest BCUT2D eigenvalue weighted by Crippen LogP contribution is 2.20. The lowest BCUT2D eigenvalue weighted by Crippen LogP contribution is -2.21. The van der Waals surface area contributed by atoms with Crippen LogP contribution < -0.4 is 10.6 Å². The van der Waals surface area contributed by atoms with Crippen LogP contribution >= 0.6 is 0 Å². The number of anilines is 1. The van der Waals surface area contributed by atoms with E-state index in [-0.39, 0.29) is 0 Å². The van der Waals surface area contributed by atoms with Crippen molar-refractivity contribution in [3.8, 4) is 6.07 Å². The van der Waals surface area contributed by atoms with Crippen LogP contribution in [0.3, 0.4) is 0 Å². The smallest absolute Gasteiger partial charge is 0.127 e. The summed E-state index contributed by atoms with van der Waals surface area (Å²) in [5, 5.41) is 16.8. The van der Waals surface area contributed by atoms with Crippen molar-refractivity contribution >= 4 is 16.7 Å². The molecule has 2 heterocycles. The SMILES string of the molecule is N#Cc1cc(NCCC2=CCNCC2)nc2ccccc12. The molecule has 4 heteroatoms. The predicted molar refractivity (Wildman–Crippen MR) is 85.1 cm³/mol. The molecule has 0 atom stereocenters. The summed E-state index contributed by atoms with van der Waals surface area (Å²) in [6.07, 6.45) is 4.41. The Kier molecular flexibility index (Phi) is 4.13. The third-order valence-corrected chi connectivity index (χ3v) is 3.75. The summed E-state index contributed by atoms with van der Waals surface area (Å²) in [5.74, 6) is 0.778. The highest BCUT2D eigenvalue weighted by atomic mass is 15.0. The van der Waals surface area contributed by atoms with Crippen molar-refractivity contribution in [1.82, 2.24) is 10.3 Å². The van der Waals surface area contributed by atoms with Crippen molar-refractivity contribution in [3.05, 3.63) is 47.5 Å². The summed E-state index contributed by atoms with van der Waals surface area (Å²) in [5.41, 5.74) is 3.02. The van der Waals surface area contributed by atoms with Crippen LogP contribution in [0.2, 0.25) is 0 Å². The number of fused-ring (bicyclic) bond motifs is 1. The van der Waals surface area contributed by atoms with Crippen LogP contribution in [0.1, 0.15) is 18.4 Å². The van der Waals surface area contributed by atoms with Gasteiger partial charge in [-0.05, 0) is 31.5 Å². The molecule has 0 saturated carbocycles. The number of nitrogens with zero attached hydrogens (tertiary/aromatic N) is 2. The number of hydrogen-bond acceptors (Lipinski definition) is 4. The molecule has 0 bridgehead atoms. The summed E-state index contributed by atoms with van der Waals surface area (Å²) < 4.78 is 0. The number of nitriles is 1. The van der Waals surface area contributed by atoms with Gasteiger partial charge in [0.05, 0.1) is 17.1 Å². The second kappa shape index (κ2) is 6.38. The summed E-state index contributed by atoms with van der Waals surface area (Å²) >= 11 is 0.